The Morgan fingerprint density at radius 3 is 2.62 bits per heavy atom. The smallest absolute Gasteiger partial charge is 0.311 e. The number of fused-ring (bicyclic) bond motifs is 2. The van der Waals surface area contributed by atoms with Gasteiger partial charge in [0.1, 0.15) is 0 Å². The maximum absolute atomic E-state index is 12.8. The maximum atomic E-state index is 12.8. The normalized spacial score (nSPS) is 15.6. The van der Waals surface area contributed by atoms with E-state index in [1.54, 1.807) is 13.0 Å². The lowest BCUT2D eigenvalue weighted by Crippen LogP contribution is -2.35. The average Bonchev–Trinajstić information content (AvgIpc) is 2.89. The molecule has 0 fully saturated rings. The molecule has 37 heavy (non-hydrogen) atoms. The Labute approximate surface area is 215 Å². The summed E-state index contributed by atoms with van der Waals surface area (Å²) in [5, 5.41) is 3.43. The third kappa shape index (κ3) is 5.93. The van der Waals surface area contributed by atoms with Crippen LogP contribution in [0.4, 0.5) is 0 Å². The number of carbonyl (C=O) groups excluding carboxylic acids is 3. The van der Waals surface area contributed by atoms with E-state index < -0.39 is 17.9 Å². The van der Waals surface area contributed by atoms with E-state index in [9.17, 15) is 14.4 Å². The van der Waals surface area contributed by atoms with Gasteiger partial charge in [0.25, 0.3) is 0 Å². The zero-order valence-corrected chi connectivity index (χ0v) is 21.1. The van der Waals surface area contributed by atoms with Crippen LogP contribution in [0.3, 0.4) is 0 Å². The number of azide groups is 1. The Morgan fingerprint density at radius 2 is 1.84 bits per heavy atom. The molecule has 2 aliphatic rings. The fraction of sp³-hybridized carbons (Fsp3) is 0.444. The molecule has 1 atom stereocenters. The molecule has 1 heterocycles. The number of likely N-dealkylation sites (N-methyl/N-ethyl adjacent to an activating group) is 1. The van der Waals surface area contributed by atoms with Gasteiger partial charge in [0.2, 0.25) is 0 Å². The van der Waals surface area contributed by atoms with Gasteiger partial charge in [-0.2, -0.15) is 0 Å². The number of nitrogens with zero attached hydrogens (tertiary/aromatic N) is 4. The molecule has 10 nitrogen and oxygen atoms in total. The summed E-state index contributed by atoms with van der Waals surface area (Å²) in [5.41, 5.74) is 13.5. The highest BCUT2D eigenvalue weighted by atomic mass is 16.6. The molecule has 0 aromatic heterocycles. The van der Waals surface area contributed by atoms with Crippen molar-refractivity contribution >= 4 is 17.9 Å². The van der Waals surface area contributed by atoms with E-state index in [2.05, 4.69) is 28.0 Å². The molecule has 1 aliphatic heterocycles. The third-order valence-corrected chi connectivity index (χ3v) is 6.67. The van der Waals surface area contributed by atoms with Crippen molar-refractivity contribution in [3.63, 3.8) is 0 Å². The minimum atomic E-state index is -0.619. The molecule has 0 radical (unpaired) electrons. The second kappa shape index (κ2) is 11.9. The van der Waals surface area contributed by atoms with Crippen molar-refractivity contribution in [1.29, 1.82) is 0 Å². The van der Waals surface area contributed by atoms with Gasteiger partial charge in [-0.3, -0.25) is 19.3 Å². The molecule has 1 aliphatic carbocycles. The van der Waals surface area contributed by atoms with Crippen molar-refractivity contribution in [2.24, 2.45) is 5.11 Å². The molecule has 0 amide bonds. The van der Waals surface area contributed by atoms with Crippen LogP contribution < -0.4 is 9.47 Å². The van der Waals surface area contributed by atoms with Gasteiger partial charge in [0.15, 0.2) is 11.5 Å². The zero-order chi connectivity index (χ0) is 26.4. The van der Waals surface area contributed by atoms with E-state index in [0.29, 0.717) is 6.42 Å². The summed E-state index contributed by atoms with van der Waals surface area (Å²) in [5.74, 6) is -1.32. The van der Waals surface area contributed by atoms with Gasteiger partial charge in [-0.05, 0) is 67.1 Å². The number of rotatable bonds is 10. The number of hydrogen-bond acceptors (Lipinski definition) is 8. The van der Waals surface area contributed by atoms with Crippen LogP contribution in [0.2, 0.25) is 0 Å². The van der Waals surface area contributed by atoms with Crippen LogP contribution >= 0.6 is 0 Å². The molecule has 0 N–H and O–H groups in total. The lowest BCUT2D eigenvalue weighted by molar-refractivity contribution is -0.146. The Hall–Kier alpha value is -3.88. The molecule has 0 saturated carbocycles. The van der Waals surface area contributed by atoms with E-state index in [4.69, 9.17) is 19.7 Å². The quantitative estimate of drug-likeness (QED) is 0.114. The monoisotopic (exact) mass is 506 g/mol. The standard InChI is InChI=1S/C27H30N4O6/c1-3-35-22(32)11-12-24(34)37-27-21(36-23(33)8-5-14-29-30-28)10-9-18-16-20-25-17(13-15-31(20)2)6-4-7-19(25)26(18)27/h4,6-7,9-10,20H,3,5,8,11-16H2,1-2H3/t20-/m1/s1. The molecule has 194 valence electrons. The van der Waals surface area contributed by atoms with Crippen molar-refractivity contribution < 1.29 is 28.6 Å². The fourth-order valence-electron chi connectivity index (χ4n) is 4.95. The van der Waals surface area contributed by atoms with Crippen LogP contribution in [0, 0.1) is 0 Å². The van der Waals surface area contributed by atoms with Crippen LogP contribution in [0.5, 0.6) is 11.5 Å². The summed E-state index contributed by atoms with van der Waals surface area (Å²) in [7, 11) is 2.11. The summed E-state index contributed by atoms with van der Waals surface area (Å²) in [6.07, 6.45) is 1.75. The van der Waals surface area contributed by atoms with Gasteiger partial charge in [0.05, 0.1) is 19.4 Å². The number of hydrogen-bond donors (Lipinski definition) is 0. The molecule has 0 spiro atoms. The predicted octanol–water partition coefficient (Wildman–Crippen LogP) is 4.68. The van der Waals surface area contributed by atoms with Crippen molar-refractivity contribution in [3.05, 3.63) is 57.5 Å². The van der Waals surface area contributed by atoms with Crippen LogP contribution in [0.1, 0.15) is 55.3 Å². The van der Waals surface area contributed by atoms with Gasteiger partial charge in [-0.25, -0.2) is 0 Å². The van der Waals surface area contributed by atoms with Gasteiger partial charge in [0, 0.05) is 36.0 Å². The molecule has 0 unspecified atom stereocenters. The minimum Gasteiger partial charge on any atom is -0.466 e. The Bertz CT molecular complexity index is 1250. The Balaban J connectivity index is 1.69. The van der Waals surface area contributed by atoms with Crippen LogP contribution in [-0.2, 0) is 32.0 Å². The largest absolute Gasteiger partial charge is 0.466 e. The van der Waals surface area contributed by atoms with Crippen LogP contribution in [-0.4, -0.2) is 49.6 Å². The summed E-state index contributed by atoms with van der Waals surface area (Å²) in [4.78, 5) is 42.2. The van der Waals surface area contributed by atoms with Gasteiger partial charge >= 0.3 is 17.9 Å². The molecule has 0 saturated heterocycles. The zero-order valence-electron chi connectivity index (χ0n) is 21.1. The average molecular weight is 507 g/mol. The second-order valence-corrected chi connectivity index (χ2v) is 9.07. The van der Waals surface area contributed by atoms with Gasteiger partial charge in [-0.15, -0.1) is 0 Å². The molecular formula is C27H30N4O6. The van der Waals surface area contributed by atoms with Crippen molar-refractivity contribution in [2.75, 3.05) is 26.7 Å². The first kappa shape index (κ1) is 26.2. The molecule has 0 bridgehead atoms. The summed E-state index contributed by atoms with van der Waals surface area (Å²) in [6.45, 7) is 3.06. The lowest BCUT2D eigenvalue weighted by Gasteiger charge is -2.40. The van der Waals surface area contributed by atoms with Crippen LogP contribution in [0.15, 0.2) is 35.4 Å². The Kier molecular flexibility index (Phi) is 8.43. The summed E-state index contributed by atoms with van der Waals surface area (Å²) >= 11 is 0. The molecule has 4 rings (SSSR count). The molecule has 10 heteroatoms. The van der Waals surface area contributed by atoms with Crippen molar-refractivity contribution in [1.82, 2.24) is 4.90 Å². The van der Waals surface area contributed by atoms with E-state index >= 15 is 0 Å². The highest BCUT2D eigenvalue weighted by Crippen LogP contribution is 2.51. The second-order valence-electron chi connectivity index (χ2n) is 9.07. The summed E-state index contributed by atoms with van der Waals surface area (Å²) < 4.78 is 16.4. The predicted molar refractivity (Wildman–Crippen MR) is 135 cm³/mol. The molecular weight excluding hydrogens is 476 g/mol. The SMILES string of the molecule is CCOC(=O)CCC(=O)Oc1c(OC(=O)CCCN=[N+]=[N-])ccc2c1-c1cccc3c1[C@@H](C2)N(C)CC3. The number of esters is 3. The van der Waals surface area contributed by atoms with E-state index in [1.165, 1.54) is 11.1 Å². The van der Waals surface area contributed by atoms with Gasteiger partial charge in [-0.1, -0.05) is 29.4 Å². The fourth-order valence-corrected chi connectivity index (χ4v) is 4.95. The number of carbonyl (C=O) groups is 3. The highest BCUT2D eigenvalue weighted by Gasteiger charge is 2.35. The van der Waals surface area contributed by atoms with Crippen LogP contribution in [0.25, 0.3) is 21.6 Å². The first-order chi connectivity index (χ1) is 17.9. The first-order valence-electron chi connectivity index (χ1n) is 12.5. The maximum Gasteiger partial charge on any atom is 0.311 e. The number of ether oxygens (including phenoxy) is 3. The first-order valence-corrected chi connectivity index (χ1v) is 12.5. The molecule has 2 aromatic rings. The molecule has 2 aromatic carbocycles. The van der Waals surface area contributed by atoms with E-state index in [-0.39, 0.29) is 50.0 Å². The van der Waals surface area contributed by atoms with Crippen molar-refractivity contribution in [3.8, 4) is 22.6 Å². The number of benzene rings is 2. The van der Waals surface area contributed by atoms with Gasteiger partial charge < -0.3 is 14.2 Å². The van der Waals surface area contributed by atoms with E-state index in [0.717, 1.165) is 36.1 Å². The third-order valence-electron chi connectivity index (χ3n) is 6.67. The van der Waals surface area contributed by atoms with Crippen molar-refractivity contribution in [2.45, 2.75) is 51.5 Å². The lowest BCUT2D eigenvalue weighted by atomic mass is 9.77. The minimum absolute atomic E-state index is 0.0416. The van der Waals surface area contributed by atoms with E-state index in [1.807, 2.05) is 18.2 Å². The Morgan fingerprint density at radius 1 is 1.05 bits per heavy atom. The summed E-state index contributed by atoms with van der Waals surface area (Å²) in [6, 6.07) is 9.88. The topological polar surface area (TPSA) is 131 Å². The highest BCUT2D eigenvalue weighted by molar-refractivity contribution is 5.88.